The van der Waals surface area contributed by atoms with E-state index in [1.807, 2.05) is 30.3 Å². The molecule has 0 spiro atoms. The molecule has 0 heterocycles. The minimum Gasteiger partial charge on any atom is -0.875 e. The molecule has 2 heteroatoms. The first kappa shape index (κ1) is 15.1. The van der Waals surface area contributed by atoms with Gasteiger partial charge >= 0.3 is 18.9 Å². The van der Waals surface area contributed by atoms with Gasteiger partial charge in [-0.3, -0.25) is 0 Å². The normalized spacial score (nSPS) is 10.7. The van der Waals surface area contributed by atoms with Crippen molar-refractivity contribution in [3.05, 3.63) is 54.3 Å². The largest absolute Gasteiger partial charge is 1.00 e. The molecule has 0 radical (unpaired) electrons. The van der Waals surface area contributed by atoms with Crippen molar-refractivity contribution in [2.45, 2.75) is 26.2 Å². The summed E-state index contributed by atoms with van der Waals surface area (Å²) in [6.45, 7) is 5.98. The van der Waals surface area contributed by atoms with Crippen molar-refractivity contribution in [1.82, 2.24) is 0 Å². The van der Waals surface area contributed by atoms with Gasteiger partial charge in [-0.1, -0.05) is 62.8 Å². The fourth-order valence-corrected chi connectivity index (χ4v) is 1.35. The van der Waals surface area contributed by atoms with Crippen LogP contribution in [0.2, 0.25) is 0 Å². The summed E-state index contributed by atoms with van der Waals surface area (Å²) in [4.78, 5) is 0. The van der Waals surface area contributed by atoms with Crippen LogP contribution in [0.1, 0.15) is 31.7 Å². The van der Waals surface area contributed by atoms with Crippen molar-refractivity contribution in [3.63, 3.8) is 0 Å². The van der Waals surface area contributed by atoms with E-state index in [2.05, 4.69) is 13.5 Å². The second-order valence-electron chi connectivity index (χ2n) is 3.61. The Hall–Kier alpha value is -0.903. The third-order valence-electron chi connectivity index (χ3n) is 2.26. The number of unbranched alkanes of at least 4 members (excludes halogenated alkanes) is 1. The zero-order valence-electron chi connectivity index (χ0n) is 10.2. The van der Waals surface area contributed by atoms with Gasteiger partial charge < -0.3 is 5.11 Å². The third kappa shape index (κ3) is 5.26. The zero-order valence-corrected chi connectivity index (χ0v) is 10.2. The van der Waals surface area contributed by atoms with E-state index < -0.39 is 0 Å². The minimum atomic E-state index is 0. The van der Waals surface area contributed by atoms with Crippen molar-refractivity contribution in [2.24, 2.45) is 0 Å². The van der Waals surface area contributed by atoms with Crippen molar-refractivity contribution in [3.8, 4) is 0 Å². The fraction of sp³-hybridized carbons (Fsp3) is 0.286. The second-order valence-corrected chi connectivity index (χ2v) is 3.61. The van der Waals surface area contributed by atoms with Gasteiger partial charge in [0.1, 0.15) is 0 Å². The predicted octanol–water partition coefficient (Wildman–Crippen LogP) is 0.138. The summed E-state index contributed by atoms with van der Waals surface area (Å²) in [7, 11) is 0. The van der Waals surface area contributed by atoms with Crippen LogP contribution in [0.4, 0.5) is 0 Å². The van der Waals surface area contributed by atoms with E-state index in [0.717, 1.165) is 24.0 Å². The van der Waals surface area contributed by atoms with E-state index in [0.29, 0.717) is 6.42 Å². The Balaban J connectivity index is 0.00000225. The van der Waals surface area contributed by atoms with E-state index in [4.69, 9.17) is 0 Å². The first-order valence-electron chi connectivity index (χ1n) is 5.36. The maximum absolute atomic E-state index is 11.5. The average molecular weight is 208 g/mol. The van der Waals surface area contributed by atoms with Gasteiger partial charge in [-0.2, -0.15) is 0 Å². The van der Waals surface area contributed by atoms with Crippen LogP contribution in [0, 0.1) is 0 Å². The van der Waals surface area contributed by atoms with Gasteiger partial charge in [-0.05, 0) is 17.6 Å². The Bertz CT molecular complexity index is 341. The van der Waals surface area contributed by atoms with E-state index >= 15 is 0 Å². The van der Waals surface area contributed by atoms with E-state index in [9.17, 15) is 5.11 Å². The molecule has 1 nitrogen and oxygen atoms in total. The second kappa shape index (κ2) is 8.27. The van der Waals surface area contributed by atoms with Crippen molar-refractivity contribution in [1.29, 1.82) is 0 Å². The van der Waals surface area contributed by atoms with Crippen molar-refractivity contribution in [2.75, 3.05) is 0 Å². The molecule has 0 bridgehead atoms. The SMILES string of the molecule is C=C(/C=C(\[O-])CCCC)c1ccccc1.[Li+]. The summed E-state index contributed by atoms with van der Waals surface area (Å²) in [5.74, 6) is 0.172. The van der Waals surface area contributed by atoms with Crippen LogP contribution in [-0.4, -0.2) is 0 Å². The molecular formula is C14H17LiO. The molecule has 0 unspecified atom stereocenters. The summed E-state index contributed by atoms with van der Waals surface area (Å²) in [5.41, 5.74) is 1.82. The molecule has 0 amide bonds. The van der Waals surface area contributed by atoms with Crippen LogP contribution in [0.15, 0.2) is 48.7 Å². The quantitative estimate of drug-likeness (QED) is 0.383. The smallest absolute Gasteiger partial charge is 0.875 e. The molecule has 1 rings (SSSR count). The van der Waals surface area contributed by atoms with Gasteiger partial charge in [0.05, 0.1) is 0 Å². The Morgan fingerprint density at radius 1 is 1.31 bits per heavy atom. The van der Waals surface area contributed by atoms with Gasteiger partial charge in [0.25, 0.3) is 0 Å². The number of hydrogen-bond acceptors (Lipinski definition) is 1. The molecule has 1 aromatic rings. The molecule has 0 atom stereocenters. The summed E-state index contributed by atoms with van der Waals surface area (Å²) in [6, 6.07) is 9.78. The number of rotatable bonds is 5. The summed E-state index contributed by atoms with van der Waals surface area (Å²) < 4.78 is 0. The average Bonchev–Trinajstić information content (AvgIpc) is 2.27. The number of allylic oxidation sites excluding steroid dienone is 3. The third-order valence-corrected chi connectivity index (χ3v) is 2.26. The topological polar surface area (TPSA) is 23.1 Å². The fourth-order valence-electron chi connectivity index (χ4n) is 1.35. The Kier molecular flexibility index (Phi) is 7.81. The van der Waals surface area contributed by atoms with Gasteiger partial charge in [0, 0.05) is 0 Å². The monoisotopic (exact) mass is 208 g/mol. The molecule has 0 fully saturated rings. The van der Waals surface area contributed by atoms with Gasteiger partial charge in [0.2, 0.25) is 0 Å². The summed E-state index contributed by atoms with van der Waals surface area (Å²) in [6.07, 6.45) is 4.28. The predicted molar refractivity (Wildman–Crippen MR) is 63.1 cm³/mol. The molecule has 0 aromatic heterocycles. The van der Waals surface area contributed by atoms with Gasteiger partial charge in [-0.15, -0.1) is 5.76 Å². The molecule has 0 N–H and O–H groups in total. The Morgan fingerprint density at radius 3 is 2.50 bits per heavy atom. The van der Waals surface area contributed by atoms with Gasteiger partial charge in [0.15, 0.2) is 0 Å². The molecule has 80 valence electrons. The standard InChI is InChI=1S/C14H18O.Li/c1-3-4-10-14(15)11-12(2)13-8-6-5-7-9-13;/h5-9,11,15H,2-4,10H2,1H3;/q;+1/p-1/b14-11-;. The summed E-state index contributed by atoms with van der Waals surface area (Å²) >= 11 is 0. The van der Waals surface area contributed by atoms with Crippen molar-refractivity contribution >= 4 is 5.57 Å². The van der Waals surface area contributed by atoms with E-state index in [-0.39, 0.29) is 24.6 Å². The maximum atomic E-state index is 11.5. The van der Waals surface area contributed by atoms with E-state index in [1.165, 1.54) is 0 Å². The van der Waals surface area contributed by atoms with Crippen LogP contribution < -0.4 is 24.0 Å². The maximum Gasteiger partial charge on any atom is 1.00 e. The van der Waals surface area contributed by atoms with Crippen LogP contribution in [-0.2, 0) is 0 Å². The van der Waals surface area contributed by atoms with E-state index in [1.54, 1.807) is 6.08 Å². The summed E-state index contributed by atoms with van der Waals surface area (Å²) in [5, 5.41) is 11.5. The molecular weight excluding hydrogens is 191 g/mol. The molecule has 0 aliphatic carbocycles. The molecule has 0 aliphatic rings. The van der Waals surface area contributed by atoms with Crippen LogP contribution in [0.25, 0.3) is 5.57 Å². The van der Waals surface area contributed by atoms with Gasteiger partial charge in [-0.25, -0.2) is 0 Å². The number of hydrogen-bond donors (Lipinski definition) is 0. The minimum absolute atomic E-state index is 0. The van der Waals surface area contributed by atoms with Crippen molar-refractivity contribution < 1.29 is 24.0 Å². The molecule has 16 heavy (non-hydrogen) atoms. The van der Waals surface area contributed by atoms with Crippen LogP contribution in [0.5, 0.6) is 0 Å². The van der Waals surface area contributed by atoms with Crippen LogP contribution in [0.3, 0.4) is 0 Å². The van der Waals surface area contributed by atoms with Crippen LogP contribution >= 0.6 is 0 Å². The first-order valence-corrected chi connectivity index (χ1v) is 5.36. The number of benzene rings is 1. The first-order chi connectivity index (χ1) is 7.24. The molecule has 1 aromatic carbocycles. The zero-order chi connectivity index (χ0) is 11.1. The molecule has 0 saturated carbocycles. The molecule has 0 saturated heterocycles. The molecule has 0 aliphatic heterocycles. The Labute approximate surface area is 110 Å². The Morgan fingerprint density at radius 2 is 1.94 bits per heavy atom.